The molecule has 1 atom stereocenters. The third-order valence-corrected chi connectivity index (χ3v) is 6.60. The topological polar surface area (TPSA) is 92.3 Å². The molecular weight excluding hydrogens is 448 g/mol. The number of nitrogens with one attached hydrogen (secondary N) is 2. The van der Waals surface area contributed by atoms with Crippen LogP contribution in [0.1, 0.15) is 51.7 Å². The first kappa shape index (κ1) is 23.7. The lowest BCUT2D eigenvalue weighted by molar-refractivity contribution is 0.0939. The molecule has 0 aromatic heterocycles. The number of carbonyl (C=O) groups is 2. The van der Waals surface area contributed by atoms with Crippen molar-refractivity contribution in [2.24, 2.45) is 0 Å². The van der Waals surface area contributed by atoms with E-state index in [1.165, 1.54) is 31.2 Å². The molecule has 0 aliphatic carbocycles. The van der Waals surface area contributed by atoms with Gasteiger partial charge in [0.15, 0.2) is 5.78 Å². The second kappa shape index (κ2) is 10.1. The quantitative estimate of drug-likeness (QED) is 0.474. The number of hydrogen-bond acceptors (Lipinski definition) is 4. The molecule has 0 aliphatic heterocycles. The van der Waals surface area contributed by atoms with Crippen molar-refractivity contribution in [1.82, 2.24) is 10.0 Å². The number of Topliss-reactive ketones (excluding diaryl/α,β-unsaturated/α-hetero) is 1. The Balaban J connectivity index is 1.60. The van der Waals surface area contributed by atoms with E-state index < -0.39 is 10.0 Å². The zero-order chi connectivity index (χ0) is 23.3. The molecule has 1 unspecified atom stereocenters. The molecule has 0 aliphatic rings. The molecule has 8 heteroatoms. The maximum absolute atomic E-state index is 12.5. The van der Waals surface area contributed by atoms with Crippen molar-refractivity contribution in [3.8, 4) is 0 Å². The van der Waals surface area contributed by atoms with Crippen LogP contribution >= 0.6 is 11.6 Å². The molecule has 6 nitrogen and oxygen atoms in total. The van der Waals surface area contributed by atoms with Gasteiger partial charge in [-0.2, -0.15) is 0 Å². The van der Waals surface area contributed by atoms with Crippen LogP contribution in [0.25, 0.3) is 0 Å². The van der Waals surface area contributed by atoms with Crippen molar-refractivity contribution >= 4 is 33.3 Å². The Kier molecular flexibility index (Phi) is 7.45. The molecule has 0 spiro atoms. The van der Waals surface area contributed by atoms with Crippen molar-refractivity contribution in [2.45, 2.75) is 31.3 Å². The molecule has 0 fully saturated rings. The predicted octanol–water partition coefficient (Wildman–Crippen LogP) is 4.51. The number of hydrogen-bond donors (Lipinski definition) is 2. The minimum atomic E-state index is -3.73. The fourth-order valence-corrected chi connectivity index (χ4v) is 4.26. The second-order valence-electron chi connectivity index (χ2n) is 7.35. The predicted molar refractivity (Wildman–Crippen MR) is 124 cm³/mol. The number of carbonyl (C=O) groups excluding carboxylic acids is 2. The van der Waals surface area contributed by atoms with Crippen LogP contribution in [0.3, 0.4) is 0 Å². The fourth-order valence-electron chi connectivity index (χ4n) is 3.04. The normalized spacial score (nSPS) is 12.2. The highest BCUT2D eigenvalue weighted by Crippen LogP contribution is 2.18. The van der Waals surface area contributed by atoms with Crippen LogP contribution in [0.5, 0.6) is 0 Å². The summed E-state index contributed by atoms with van der Waals surface area (Å²) in [6, 6.07) is 19.5. The van der Waals surface area contributed by atoms with Crippen LogP contribution in [-0.2, 0) is 16.6 Å². The molecule has 166 valence electrons. The van der Waals surface area contributed by atoms with Gasteiger partial charge in [-0.3, -0.25) is 9.59 Å². The van der Waals surface area contributed by atoms with Gasteiger partial charge in [0.2, 0.25) is 10.0 Å². The molecule has 32 heavy (non-hydrogen) atoms. The molecular formula is C24H23ClN2O4S. The first-order valence-electron chi connectivity index (χ1n) is 9.91. The fraction of sp³-hybridized carbons (Fsp3) is 0.167. The van der Waals surface area contributed by atoms with Crippen molar-refractivity contribution < 1.29 is 18.0 Å². The van der Waals surface area contributed by atoms with Gasteiger partial charge in [0.05, 0.1) is 10.9 Å². The van der Waals surface area contributed by atoms with Gasteiger partial charge in [-0.05, 0) is 61.4 Å². The van der Waals surface area contributed by atoms with Crippen molar-refractivity contribution in [3.63, 3.8) is 0 Å². The Morgan fingerprint density at radius 2 is 1.56 bits per heavy atom. The molecule has 1 amide bonds. The van der Waals surface area contributed by atoms with Gasteiger partial charge in [-0.1, -0.05) is 48.0 Å². The van der Waals surface area contributed by atoms with Gasteiger partial charge in [-0.15, -0.1) is 0 Å². The summed E-state index contributed by atoms with van der Waals surface area (Å²) in [5.74, 6) is -0.372. The van der Waals surface area contributed by atoms with E-state index in [0.29, 0.717) is 21.7 Å². The Labute approximate surface area is 192 Å². The van der Waals surface area contributed by atoms with Crippen LogP contribution < -0.4 is 10.0 Å². The first-order chi connectivity index (χ1) is 15.2. The number of halogens is 1. The van der Waals surface area contributed by atoms with Crippen molar-refractivity contribution in [1.29, 1.82) is 0 Å². The van der Waals surface area contributed by atoms with Crippen LogP contribution in [0, 0.1) is 0 Å². The van der Waals surface area contributed by atoms with E-state index in [1.54, 1.807) is 36.4 Å². The highest BCUT2D eigenvalue weighted by molar-refractivity contribution is 7.89. The first-order valence-corrected chi connectivity index (χ1v) is 11.8. The number of rotatable bonds is 8. The Morgan fingerprint density at radius 3 is 2.16 bits per heavy atom. The van der Waals surface area contributed by atoms with E-state index in [9.17, 15) is 18.0 Å². The highest BCUT2D eigenvalue weighted by atomic mass is 35.5. The average molecular weight is 471 g/mol. The monoisotopic (exact) mass is 470 g/mol. The number of ketones is 1. The van der Waals surface area contributed by atoms with Gasteiger partial charge in [0, 0.05) is 22.7 Å². The Morgan fingerprint density at radius 1 is 0.938 bits per heavy atom. The van der Waals surface area contributed by atoms with Crippen molar-refractivity contribution in [3.05, 3.63) is 100 Å². The minimum absolute atomic E-state index is 0.0671. The summed E-state index contributed by atoms with van der Waals surface area (Å²) < 4.78 is 27.5. The van der Waals surface area contributed by atoms with E-state index in [0.717, 1.165) is 5.56 Å². The molecule has 3 rings (SSSR count). The van der Waals surface area contributed by atoms with E-state index in [2.05, 4.69) is 10.0 Å². The molecule has 2 N–H and O–H groups in total. The van der Waals surface area contributed by atoms with Crippen LogP contribution in [0.15, 0.2) is 77.7 Å². The third kappa shape index (κ3) is 6.03. The van der Waals surface area contributed by atoms with E-state index in [4.69, 9.17) is 11.6 Å². The molecule has 0 radical (unpaired) electrons. The molecule has 0 saturated heterocycles. The third-order valence-electron chi connectivity index (χ3n) is 4.95. The van der Waals surface area contributed by atoms with Gasteiger partial charge in [-0.25, -0.2) is 13.1 Å². The summed E-state index contributed by atoms with van der Waals surface area (Å²) in [7, 11) is -3.73. The summed E-state index contributed by atoms with van der Waals surface area (Å²) in [5, 5.41) is 3.52. The maximum Gasteiger partial charge on any atom is 0.251 e. The number of benzene rings is 3. The van der Waals surface area contributed by atoms with Gasteiger partial charge in [0.1, 0.15) is 0 Å². The zero-order valence-electron chi connectivity index (χ0n) is 17.6. The van der Waals surface area contributed by atoms with Gasteiger partial charge in [0.25, 0.3) is 5.91 Å². The lowest BCUT2D eigenvalue weighted by Crippen LogP contribution is -2.26. The summed E-state index contributed by atoms with van der Waals surface area (Å²) >= 11 is 6.01. The summed E-state index contributed by atoms with van der Waals surface area (Å²) in [6.07, 6.45) is 0. The number of amides is 1. The molecule has 0 saturated carbocycles. The Bertz CT molecular complexity index is 1220. The van der Waals surface area contributed by atoms with Crippen LogP contribution in [0.4, 0.5) is 0 Å². The van der Waals surface area contributed by atoms with Crippen molar-refractivity contribution in [2.75, 3.05) is 0 Å². The molecule has 3 aromatic carbocycles. The maximum atomic E-state index is 12.5. The zero-order valence-corrected chi connectivity index (χ0v) is 19.2. The molecule has 3 aromatic rings. The Hall–Kier alpha value is -3.00. The minimum Gasteiger partial charge on any atom is -0.346 e. The lowest BCUT2D eigenvalue weighted by atomic mass is 10.1. The average Bonchev–Trinajstić information content (AvgIpc) is 2.78. The van der Waals surface area contributed by atoms with Crippen LogP contribution in [0.2, 0.25) is 5.02 Å². The SMILES string of the molecule is CC(=O)c1ccc(S(=O)(=O)NCc2ccc(C(=O)NC(C)c3cccc(Cl)c3)cc2)cc1. The van der Waals surface area contributed by atoms with E-state index in [-0.39, 0.29) is 29.2 Å². The summed E-state index contributed by atoms with van der Waals surface area (Å²) in [6.45, 7) is 3.36. The standard InChI is InChI=1S/C24H23ClN2O4S/c1-16(21-4-3-5-22(25)14-21)27-24(29)20-8-6-18(7-9-20)15-26-32(30,31)23-12-10-19(11-13-23)17(2)28/h3-14,16,26H,15H2,1-2H3,(H,27,29). The van der Waals surface area contributed by atoms with Crippen LogP contribution in [-0.4, -0.2) is 20.1 Å². The highest BCUT2D eigenvalue weighted by Gasteiger charge is 2.15. The largest absolute Gasteiger partial charge is 0.346 e. The smallest absolute Gasteiger partial charge is 0.251 e. The van der Waals surface area contributed by atoms with E-state index >= 15 is 0 Å². The summed E-state index contributed by atoms with van der Waals surface area (Å²) in [5.41, 5.74) is 2.51. The second-order valence-corrected chi connectivity index (χ2v) is 9.56. The van der Waals surface area contributed by atoms with Gasteiger partial charge >= 0.3 is 0 Å². The number of sulfonamides is 1. The van der Waals surface area contributed by atoms with E-state index in [1.807, 2.05) is 19.1 Å². The van der Waals surface area contributed by atoms with Gasteiger partial charge < -0.3 is 5.32 Å². The molecule has 0 bridgehead atoms. The summed E-state index contributed by atoms with van der Waals surface area (Å²) in [4.78, 5) is 23.9. The lowest BCUT2D eigenvalue weighted by Gasteiger charge is -2.15. The molecule has 0 heterocycles.